The van der Waals surface area contributed by atoms with Crippen LogP contribution >= 0.6 is 0 Å². The average molecular weight is 214 g/mol. The third kappa shape index (κ3) is 2.56. The summed E-state index contributed by atoms with van der Waals surface area (Å²) in [5.41, 5.74) is 0. The number of allylic oxidation sites excluding steroid dienone is 1. The van der Waals surface area contributed by atoms with Crippen molar-refractivity contribution in [2.24, 2.45) is 11.8 Å². The van der Waals surface area contributed by atoms with E-state index in [1.165, 1.54) is 13.2 Å². The van der Waals surface area contributed by atoms with Crippen LogP contribution in [0.4, 0.5) is 0 Å². The lowest BCUT2D eigenvalue weighted by Crippen LogP contribution is -2.29. The van der Waals surface area contributed by atoms with Crippen molar-refractivity contribution in [2.45, 2.75) is 13.3 Å². The zero-order valence-electron chi connectivity index (χ0n) is 8.73. The quantitative estimate of drug-likeness (QED) is 0.538. The predicted octanol–water partition coefficient (Wildman–Crippen LogP) is 0.235. The summed E-state index contributed by atoms with van der Waals surface area (Å²) in [6, 6.07) is 0. The smallest absolute Gasteiger partial charge is 0.316 e. The molecule has 0 bridgehead atoms. The van der Waals surface area contributed by atoms with Crippen molar-refractivity contribution in [3.63, 3.8) is 0 Å². The Morgan fingerprint density at radius 3 is 2.87 bits per heavy atom. The van der Waals surface area contributed by atoms with Crippen molar-refractivity contribution in [3.8, 4) is 0 Å². The van der Waals surface area contributed by atoms with Crippen molar-refractivity contribution in [3.05, 3.63) is 11.8 Å². The van der Waals surface area contributed by atoms with Crippen LogP contribution in [-0.2, 0) is 19.1 Å². The number of hydrogen-bond acceptors (Lipinski definition) is 5. The Labute approximate surface area is 87.7 Å². The number of hydrogen-bond donors (Lipinski definition) is 1. The van der Waals surface area contributed by atoms with Crippen molar-refractivity contribution < 1.29 is 24.2 Å². The van der Waals surface area contributed by atoms with Crippen molar-refractivity contribution >= 4 is 11.8 Å². The second-order valence-electron chi connectivity index (χ2n) is 3.44. The lowest BCUT2D eigenvalue weighted by atomic mass is 9.85. The zero-order chi connectivity index (χ0) is 11.4. The molecule has 84 valence electrons. The van der Waals surface area contributed by atoms with E-state index < -0.39 is 18.7 Å². The van der Waals surface area contributed by atoms with Crippen molar-refractivity contribution in [1.29, 1.82) is 0 Å². The maximum Gasteiger partial charge on any atom is 0.316 e. The molecule has 1 rings (SSSR count). The summed E-state index contributed by atoms with van der Waals surface area (Å²) in [6.45, 7) is 1.19. The highest BCUT2D eigenvalue weighted by atomic mass is 16.6. The van der Waals surface area contributed by atoms with E-state index in [0.29, 0.717) is 6.42 Å². The Balaban J connectivity index is 2.88. The minimum absolute atomic E-state index is 0.0985. The highest BCUT2D eigenvalue weighted by Crippen LogP contribution is 2.28. The average Bonchev–Trinajstić information content (AvgIpc) is 2.22. The minimum Gasteiger partial charge on any atom is -0.471 e. The fourth-order valence-electron chi connectivity index (χ4n) is 1.54. The topological polar surface area (TPSA) is 72.8 Å². The van der Waals surface area contributed by atoms with Crippen molar-refractivity contribution in [1.82, 2.24) is 0 Å². The minimum atomic E-state index is -0.588. The van der Waals surface area contributed by atoms with E-state index >= 15 is 0 Å². The molecule has 1 N–H and O–H groups in total. The number of rotatable bonds is 3. The summed E-state index contributed by atoms with van der Waals surface area (Å²) in [7, 11) is 1.28. The van der Waals surface area contributed by atoms with Gasteiger partial charge in [-0.2, -0.15) is 0 Å². The lowest BCUT2D eigenvalue weighted by Gasteiger charge is -2.24. The SMILES string of the molecule is COC(=O)C1CC(C)C(=O)C=C1OCO. The van der Waals surface area contributed by atoms with E-state index in [4.69, 9.17) is 9.84 Å². The van der Waals surface area contributed by atoms with Gasteiger partial charge in [0.1, 0.15) is 11.7 Å². The van der Waals surface area contributed by atoms with Crippen LogP contribution in [0.1, 0.15) is 13.3 Å². The molecule has 0 saturated carbocycles. The van der Waals surface area contributed by atoms with Crippen LogP contribution in [0.15, 0.2) is 11.8 Å². The molecule has 0 aliphatic heterocycles. The number of ether oxygens (including phenoxy) is 2. The summed E-state index contributed by atoms with van der Waals surface area (Å²) >= 11 is 0. The molecule has 0 fully saturated rings. The maximum atomic E-state index is 11.4. The number of aliphatic hydroxyl groups is 1. The number of ketones is 1. The molecule has 0 aromatic heterocycles. The third-order valence-corrected chi connectivity index (χ3v) is 2.42. The van der Waals surface area contributed by atoms with E-state index in [2.05, 4.69) is 4.74 Å². The maximum absolute atomic E-state index is 11.4. The van der Waals surface area contributed by atoms with E-state index in [0.717, 1.165) is 0 Å². The highest BCUT2D eigenvalue weighted by Gasteiger charge is 2.34. The van der Waals surface area contributed by atoms with Gasteiger partial charge in [0.2, 0.25) is 0 Å². The van der Waals surface area contributed by atoms with E-state index in [1.807, 2.05) is 0 Å². The van der Waals surface area contributed by atoms with E-state index in [-0.39, 0.29) is 17.5 Å². The molecule has 0 radical (unpaired) electrons. The van der Waals surface area contributed by atoms with Gasteiger partial charge < -0.3 is 14.6 Å². The first-order valence-corrected chi connectivity index (χ1v) is 4.67. The molecule has 15 heavy (non-hydrogen) atoms. The third-order valence-electron chi connectivity index (χ3n) is 2.42. The Morgan fingerprint density at radius 1 is 1.67 bits per heavy atom. The molecule has 2 unspecified atom stereocenters. The number of methoxy groups -OCH3 is 1. The Kier molecular flexibility index (Phi) is 3.85. The fourth-order valence-corrected chi connectivity index (χ4v) is 1.54. The van der Waals surface area contributed by atoms with Gasteiger partial charge in [0.25, 0.3) is 0 Å². The molecular formula is C10H14O5. The second-order valence-corrected chi connectivity index (χ2v) is 3.44. The van der Waals surface area contributed by atoms with Gasteiger partial charge in [-0.15, -0.1) is 0 Å². The summed E-state index contributed by atoms with van der Waals surface area (Å²) in [6.07, 6.45) is 1.61. The van der Waals surface area contributed by atoms with Gasteiger partial charge in [0, 0.05) is 12.0 Å². The van der Waals surface area contributed by atoms with Crippen LogP contribution in [0, 0.1) is 11.8 Å². The highest BCUT2D eigenvalue weighted by molar-refractivity contribution is 5.95. The van der Waals surface area contributed by atoms with Crippen LogP contribution in [0.3, 0.4) is 0 Å². The molecule has 0 amide bonds. The standard InChI is InChI=1S/C10H14O5/c1-6-3-7(10(13)14-2)9(15-5-11)4-8(6)12/h4,6-7,11H,3,5H2,1-2H3. The first kappa shape index (κ1) is 11.7. The fraction of sp³-hybridized carbons (Fsp3) is 0.600. The zero-order valence-corrected chi connectivity index (χ0v) is 8.73. The summed E-state index contributed by atoms with van der Waals surface area (Å²) in [5, 5.41) is 8.62. The number of esters is 1. The second kappa shape index (κ2) is 4.93. The number of carbonyl (C=O) groups is 2. The molecule has 2 atom stereocenters. The molecule has 0 aromatic carbocycles. The van der Waals surface area contributed by atoms with Crippen LogP contribution in [-0.4, -0.2) is 30.8 Å². The largest absolute Gasteiger partial charge is 0.471 e. The summed E-state index contributed by atoms with van der Waals surface area (Å²) in [4.78, 5) is 22.7. The molecule has 1 aliphatic rings. The first-order chi connectivity index (χ1) is 7.10. The molecule has 5 nitrogen and oxygen atoms in total. The Morgan fingerprint density at radius 2 is 2.33 bits per heavy atom. The van der Waals surface area contributed by atoms with Crippen LogP contribution in [0.25, 0.3) is 0 Å². The van der Waals surface area contributed by atoms with Crippen LogP contribution < -0.4 is 0 Å². The van der Waals surface area contributed by atoms with Crippen molar-refractivity contribution in [2.75, 3.05) is 13.9 Å². The van der Waals surface area contributed by atoms with Crippen LogP contribution in [0.2, 0.25) is 0 Å². The first-order valence-electron chi connectivity index (χ1n) is 4.67. The normalized spacial score (nSPS) is 25.8. The predicted molar refractivity (Wildman–Crippen MR) is 50.5 cm³/mol. The van der Waals surface area contributed by atoms with Gasteiger partial charge in [-0.3, -0.25) is 9.59 Å². The van der Waals surface area contributed by atoms with Gasteiger partial charge >= 0.3 is 5.97 Å². The Hall–Kier alpha value is -1.36. The lowest BCUT2D eigenvalue weighted by molar-refractivity contribution is -0.147. The number of aliphatic hydroxyl groups excluding tert-OH is 1. The molecule has 1 aliphatic carbocycles. The summed E-state index contributed by atoms with van der Waals surface area (Å²) in [5.74, 6) is -1.17. The molecule has 0 aromatic rings. The molecule has 0 heterocycles. The molecule has 0 saturated heterocycles. The summed E-state index contributed by atoms with van der Waals surface area (Å²) < 4.78 is 9.43. The molecule has 0 spiro atoms. The molecule has 5 heteroatoms. The van der Waals surface area contributed by atoms with Gasteiger partial charge in [0.05, 0.1) is 7.11 Å². The monoisotopic (exact) mass is 214 g/mol. The number of carbonyl (C=O) groups excluding carboxylic acids is 2. The Bertz CT molecular complexity index is 294. The van der Waals surface area contributed by atoms with Gasteiger partial charge in [0.15, 0.2) is 12.6 Å². The van der Waals surface area contributed by atoms with E-state index in [9.17, 15) is 9.59 Å². The molecular weight excluding hydrogens is 200 g/mol. The van der Waals surface area contributed by atoms with E-state index in [1.54, 1.807) is 6.92 Å². The van der Waals surface area contributed by atoms with Crippen LogP contribution in [0.5, 0.6) is 0 Å². The van der Waals surface area contributed by atoms with Gasteiger partial charge in [-0.25, -0.2) is 0 Å². The van der Waals surface area contributed by atoms with Gasteiger partial charge in [-0.05, 0) is 6.42 Å². The van der Waals surface area contributed by atoms with Gasteiger partial charge in [-0.1, -0.05) is 6.92 Å².